The minimum Gasteiger partial charge on any atom is -0.394 e. The Morgan fingerprint density at radius 2 is 2.25 bits per heavy atom. The Morgan fingerprint density at radius 1 is 1.58 bits per heavy atom. The molecule has 1 fully saturated rings. The number of phosphoric acid groups is 1. The number of phosphoric ester groups is 1. The lowest BCUT2D eigenvalue weighted by Gasteiger charge is -2.16. The molecule has 2 unspecified atom stereocenters. The van der Waals surface area contributed by atoms with Crippen molar-refractivity contribution in [3.8, 4) is 0 Å². The van der Waals surface area contributed by atoms with Crippen LogP contribution in [0.25, 0.3) is 0 Å². The minimum atomic E-state index is -4.46. The van der Waals surface area contributed by atoms with Crippen LogP contribution in [-0.4, -0.2) is 40.3 Å². The van der Waals surface area contributed by atoms with Crippen molar-refractivity contribution in [2.45, 2.75) is 18.6 Å². The minimum absolute atomic E-state index is 0.287. The third-order valence-corrected chi connectivity index (χ3v) is 2.15. The number of ether oxygens (including phenoxy) is 1. The molecule has 1 aliphatic rings. The van der Waals surface area contributed by atoms with E-state index in [1.807, 2.05) is 0 Å². The molecule has 2 atom stereocenters. The van der Waals surface area contributed by atoms with Crippen molar-refractivity contribution in [2.24, 2.45) is 0 Å². The molecular formula is C5H11O6P. The van der Waals surface area contributed by atoms with Crippen LogP contribution in [0.4, 0.5) is 0 Å². The summed E-state index contributed by atoms with van der Waals surface area (Å²) < 4.78 is 19.7. The lowest BCUT2D eigenvalue weighted by atomic mass is 10.2. The molecule has 3 N–H and O–H groups in total. The Balaban J connectivity index is 2.46. The smallest absolute Gasteiger partial charge is 0.394 e. The van der Waals surface area contributed by atoms with Crippen molar-refractivity contribution < 1.29 is 28.7 Å². The monoisotopic (exact) mass is 198 g/mol. The van der Waals surface area contributed by atoms with Crippen LogP contribution in [0.15, 0.2) is 0 Å². The summed E-state index contributed by atoms with van der Waals surface area (Å²) in [5.41, 5.74) is 0. The molecule has 0 spiro atoms. The van der Waals surface area contributed by atoms with E-state index in [0.29, 0.717) is 13.0 Å². The van der Waals surface area contributed by atoms with Gasteiger partial charge in [0.15, 0.2) is 0 Å². The van der Waals surface area contributed by atoms with E-state index in [2.05, 4.69) is 4.52 Å². The molecule has 0 aromatic rings. The number of aliphatic hydroxyl groups is 1. The topological polar surface area (TPSA) is 96.2 Å². The summed E-state index contributed by atoms with van der Waals surface area (Å²) in [5, 5.41) is 8.68. The van der Waals surface area contributed by atoms with Gasteiger partial charge in [0, 0.05) is 13.0 Å². The summed E-state index contributed by atoms with van der Waals surface area (Å²) >= 11 is 0. The van der Waals surface area contributed by atoms with Crippen molar-refractivity contribution in [1.29, 1.82) is 0 Å². The van der Waals surface area contributed by atoms with Crippen molar-refractivity contribution in [3.05, 3.63) is 0 Å². The van der Waals surface area contributed by atoms with Crippen LogP contribution < -0.4 is 0 Å². The fourth-order valence-corrected chi connectivity index (χ4v) is 1.69. The van der Waals surface area contributed by atoms with Crippen molar-refractivity contribution in [3.63, 3.8) is 0 Å². The lowest BCUT2D eigenvalue weighted by Crippen LogP contribution is -2.26. The van der Waals surface area contributed by atoms with E-state index in [9.17, 15) is 4.57 Å². The molecule has 0 bridgehead atoms. The van der Waals surface area contributed by atoms with E-state index in [1.165, 1.54) is 0 Å². The van der Waals surface area contributed by atoms with Crippen LogP contribution in [0, 0.1) is 0 Å². The first-order valence-corrected chi connectivity index (χ1v) is 5.02. The van der Waals surface area contributed by atoms with E-state index < -0.39 is 20.0 Å². The molecule has 1 aliphatic heterocycles. The maximum atomic E-state index is 10.4. The van der Waals surface area contributed by atoms with Gasteiger partial charge in [-0.15, -0.1) is 0 Å². The number of aliphatic hydroxyl groups excluding tert-OH is 1. The molecule has 1 saturated heterocycles. The van der Waals surface area contributed by atoms with Crippen LogP contribution in [0.2, 0.25) is 0 Å². The van der Waals surface area contributed by atoms with Gasteiger partial charge in [0.2, 0.25) is 0 Å². The maximum absolute atomic E-state index is 10.4. The second-order valence-corrected chi connectivity index (χ2v) is 3.71. The van der Waals surface area contributed by atoms with Crippen molar-refractivity contribution in [1.82, 2.24) is 0 Å². The standard InChI is InChI=1S/C5H11O6P/c6-3-5-4(1-2-10-5)11-12(7,8)9/h4-6H,1-3H2,(H2,7,8,9). The Bertz CT molecular complexity index is 188. The fraction of sp³-hybridized carbons (Fsp3) is 1.00. The summed E-state index contributed by atoms with van der Waals surface area (Å²) in [6.45, 7) is 0.0700. The van der Waals surface area contributed by atoms with Crippen LogP contribution in [0.1, 0.15) is 6.42 Å². The average Bonchev–Trinajstić information content (AvgIpc) is 2.31. The first-order chi connectivity index (χ1) is 5.53. The van der Waals surface area contributed by atoms with Gasteiger partial charge in [0.1, 0.15) is 12.2 Å². The van der Waals surface area contributed by atoms with Gasteiger partial charge in [0.05, 0.1) is 6.61 Å². The highest BCUT2D eigenvalue weighted by atomic mass is 31.2. The summed E-state index contributed by atoms with van der Waals surface area (Å²) in [4.78, 5) is 16.9. The molecule has 1 heterocycles. The highest BCUT2D eigenvalue weighted by Gasteiger charge is 2.33. The molecule has 12 heavy (non-hydrogen) atoms. The molecule has 72 valence electrons. The average molecular weight is 198 g/mol. The highest BCUT2D eigenvalue weighted by Crippen LogP contribution is 2.40. The van der Waals surface area contributed by atoms with Crippen LogP contribution in [0.3, 0.4) is 0 Å². The SMILES string of the molecule is O=P(O)(O)OC1CCOC1CO. The molecular weight excluding hydrogens is 187 g/mol. The lowest BCUT2D eigenvalue weighted by molar-refractivity contribution is 0.00347. The van der Waals surface area contributed by atoms with Gasteiger partial charge in [0.25, 0.3) is 0 Å². The predicted molar refractivity (Wildman–Crippen MR) is 38.4 cm³/mol. The van der Waals surface area contributed by atoms with E-state index in [0.717, 1.165) is 0 Å². The third kappa shape index (κ3) is 2.82. The van der Waals surface area contributed by atoms with Gasteiger partial charge >= 0.3 is 7.82 Å². The second-order valence-electron chi connectivity index (χ2n) is 2.51. The molecule has 0 aliphatic carbocycles. The number of rotatable bonds is 3. The third-order valence-electron chi connectivity index (χ3n) is 1.60. The Hall–Kier alpha value is 0.0300. The summed E-state index contributed by atoms with van der Waals surface area (Å²) in [5.74, 6) is 0. The zero-order chi connectivity index (χ0) is 9.19. The van der Waals surface area contributed by atoms with Gasteiger partial charge in [-0.3, -0.25) is 4.52 Å². The van der Waals surface area contributed by atoms with E-state index in [4.69, 9.17) is 19.6 Å². The molecule has 0 saturated carbocycles. The van der Waals surface area contributed by atoms with Crippen LogP contribution >= 0.6 is 7.82 Å². The molecule has 0 aromatic carbocycles. The van der Waals surface area contributed by atoms with Crippen molar-refractivity contribution in [2.75, 3.05) is 13.2 Å². The Morgan fingerprint density at radius 3 is 2.75 bits per heavy atom. The quantitative estimate of drug-likeness (QED) is 0.516. The summed E-state index contributed by atoms with van der Waals surface area (Å²) in [7, 11) is -4.46. The van der Waals surface area contributed by atoms with Gasteiger partial charge in [-0.05, 0) is 0 Å². The Labute approximate surface area is 69.4 Å². The molecule has 7 heteroatoms. The molecule has 1 rings (SSSR count). The zero-order valence-corrected chi connectivity index (χ0v) is 7.18. The van der Waals surface area contributed by atoms with E-state index in [-0.39, 0.29) is 6.61 Å². The molecule has 0 amide bonds. The molecule has 6 nitrogen and oxygen atoms in total. The van der Waals surface area contributed by atoms with Gasteiger partial charge < -0.3 is 19.6 Å². The first-order valence-electron chi connectivity index (χ1n) is 3.49. The van der Waals surface area contributed by atoms with Crippen LogP contribution in [-0.2, 0) is 13.8 Å². The van der Waals surface area contributed by atoms with Gasteiger partial charge in [-0.2, -0.15) is 0 Å². The van der Waals surface area contributed by atoms with Crippen molar-refractivity contribution >= 4 is 7.82 Å². The van der Waals surface area contributed by atoms with Gasteiger partial charge in [-0.25, -0.2) is 4.57 Å². The van der Waals surface area contributed by atoms with Gasteiger partial charge in [-0.1, -0.05) is 0 Å². The Kier molecular flexibility index (Phi) is 3.22. The largest absolute Gasteiger partial charge is 0.469 e. The zero-order valence-electron chi connectivity index (χ0n) is 6.29. The number of hydrogen-bond acceptors (Lipinski definition) is 4. The highest BCUT2D eigenvalue weighted by molar-refractivity contribution is 7.46. The first kappa shape index (κ1) is 10.1. The van der Waals surface area contributed by atoms with E-state index >= 15 is 0 Å². The maximum Gasteiger partial charge on any atom is 0.469 e. The summed E-state index contributed by atoms with van der Waals surface area (Å²) in [6, 6.07) is 0. The fourth-order valence-electron chi connectivity index (χ4n) is 1.10. The predicted octanol–water partition coefficient (Wildman–Crippen LogP) is -0.755. The second kappa shape index (κ2) is 3.83. The summed E-state index contributed by atoms with van der Waals surface area (Å²) in [6.07, 6.45) is -0.912. The van der Waals surface area contributed by atoms with Crippen LogP contribution in [0.5, 0.6) is 0 Å². The van der Waals surface area contributed by atoms with E-state index in [1.54, 1.807) is 0 Å². The normalized spacial score (nSPS) is 30.9. The number of hydrogen-bond donors (Lipinski definition) is 3. The molecule has 0 radical (unpaired) electrons. The molecule has 0 aromatic heterocycles.